The third-order valence-corrected chi connectivity index (χ3v) is 4.83. The monoisotopic (exact) mass is 306 g/mol. The van der Waals surface area contributed by atoms with E-state index < -0.39 is 0 Å². The number of hydrogen-bond donors (Lipinski definition) is 0. The van der Waals surface area contributed by atoms with Gasteiger partial charge in [-0.1, -0.05) is 0 Å². The molecule has 2 saturated heterocycles. The van der Waals surface area contributed by atoms with Gasteiger partial charge in [0, 0.05) is 45.7 Å². The van der Waals surface area contributed by atoms with Crippen LogP contribution >= 0.6 is 0 Å². The van der Waals surface area contributed by atoms with E-state index in [-0.39, 0.29) is 18.1 Å². The largest absolute Gasteiger partial charge is 0.378 e. The highest BCUT2D eigenvalue weighted by Crippen LogP contribution is 2.24. The van der Waals surface area contributed by atoms with E-state index in [9.17, 15) is 4.79 Å². The topological polar surface area (TPSA) is 50.6 Å². The van der Waals surface area contributed by atoms with Crippen molar-refractivity contribution in [2.45, 2.75) is 37.8 Å². The van der Waals surface area contributed by atoms with Gasteiger partial charge in [-0.15, -0.1) is 0 Å². The summed E-state index contributed by atoms with van der Waals surface area (Å²) in [6.07, 6.45) is 7.74. The summed E-state index contributed by atoms with van der Waals surface area (Å²) in [5.41, 5.74) is 0. The van der Waals surface area contributed by atoms with Gasteiger partial charge in [-0.3, -0.25) is 9.69 Å². The lowest BCUT2D eigenvalue weighted by Crippen LogP contribution is -2.50. The first-order chi connectivity index (χ1) is 10.6. The zero-order valence-corrected chi connectivity index (χ0v) is 13.6. The molecule has 0 aliphatic carbocycles. The second kappa shape index (κ2) is 6.79. The number of rotatable bonds is 3. The first kappa shape index (κ1) is 15.5. The van der Waals surface area contributed by atoms with E-state index in [2.05, 4.69) is 16.9 Å². The summed E-state index contributed by atoms with van der Waals surface area (Å²) >= 11 is 0. The number of aryl methyl sites for hydroxylation is 1. The zero-order chi connectivity index (χ0) is 15.5. The van der Waals surface area contributed by atoms with Crippen LogP contribution in [-0.4, -0.2) is 64.7 Å². The van der Waals surface area contributed by atoms with Crippen LogP contribution in [0.4, 0.5) is 0 Å². The van der Waals surface area contributed by atoms with Gasteiger partial charge >= 0.3 is 0 Å². The Kier molecular flexibility index (Phi) is 4.78. The molecule has 22 heavy (non-hydrogen) atoms. The summed E-state index contributed by atoms with van der Waals surface area (Å²) < 4.78 is 7.75. The molecule has 0 spiro atoms. The summed E-state index contributed by atoms with van der Waals surface area (Å²) in [6, 6.07) is 0.171. The molecule has 2 fully saturated rings. The molecule has 0 saturated carbocycles. The normalized spacial score (nSPS) is 27.1. The van der Waals surface area contributed by atoms with Crippen LogP contribution in [0.1, 0.15) is 37.5 Å². The molecule has 0 unspecified atom stereocenters. The summed E-state index contributed by atoms with van der Waals surface area (Å²) in [6.45, 7) is 3.20. The van der Waals surface area contributed by atoms with Gasteiger partial charge in [-0.25, -0.2) is 4.98 Å². The molecule has 3 heterocycles. The van der Waals surface area contributed by atoms with Crippen molar-refractivity contribution >= 4 is 5.91 Å². The standard InChI is InChI=1S/C16H26N4O2/c1-18-8-9-20(12-14(18)16-17-6-7-19(16)2)15(21)11-13-5-3-4-10-22-13/h6-7,13-14H,3-5,8-12H2,1-2H3/t13-,14-/m0/s1. The summed E-state index contributed by atoms with van der Waals surface area (Å²) in [5.74, 6) is 1.24. The molecule has 6 nitrogen and oxygen atoms in total. The molecule has 0 radical (unpaired) electrons. The molecule has 1 aromatic rings. The molecule has 2 aliphatic rings. The molecule has 2 aliphatic heterocycles. The molecule has 0 bridgehead atoms. The van der Waals surface area contributed by atoms with Crippen molar-refractivity contribution in [1.82, 2.24) is 19.4 Å². The fraction of sp³-hybridized carbons (Fsp3) is 0.750. The molecular weight excluding hydrogens is 280 g/mol. The molecule has 3 rings (SSSR count). The first-order valence-corrected chi connectivity index (χ1v) is 8.22. The lowest BCUT2D eigenvalue weighted by Gasteiger charge is -2.39. The quantitative estimate of drug-likeness (QED) is 0.842. The number of likely N-dealkylation sites (N-methyl/N-ethyl adjacent to an activating group) is 1. The number of ether oxygens (including phenoxy) is 1. The highest BCUT2D eigenvalue weighted by atomic mass is 16.5. The van der Waals surface area contributed by atoms with E-state index in [0.717, 1.165) is 38.4 Å². The number of carbonyl (C=O) groups excluding carboxylic acids is 1. The van der Waals surface area contributed by atoms with Crippen LogP contribution in [0.2, 0.25) is 0 Å². The molecule has 1 amide bonds. The highest BCUT2D eigenvalue weighted by molar-refractivity contribution is 5.77. The van der Waals surface area contributed by atoms with Gasteiger partial charge in [0.25, 0.3) is 0 Å². The number of piperazine rings is 1. The molecule has 122 valence electrons. The smallest absolute Gasteiger partial charge is 0.225 e. The van der Waals surface area contributed by atoms with Crippen LogP contribution in [0.5, 0.6) is 0 Å². The van der Waals surface area contributed by atoms with Gasteiger partial charge in [-0.05, 0) is 26.3 Å². The van der Waals surface area contributed by atoms with E-state index in [4.69, 9.17) is 4.74 Å². The predicted octanol–water partition coefficient (Wildman–Crippen LogP) is 1.19. The van der Waals surface area contributed by atoms with Crippen LogP contribution in [0.3, 0.4) is 0 Å². The minimum Gasteiger partial charge on any atom is -0.378 e. The molecule has 0 aromatic carbocycles. The highest BCUT2D eigenvalue weighted by Gasteiger charge is 2.31. The third-order valence-electron chi connectivity index (χ3n) is 4.83. The van der Waals surface area contributed by atoms with Gasteiger partial charge in [0.1, 0.15) is 5.82 Å². The van der Waals surface area contributed by atoms with Crippen molar-refractivity contribution < 1.29 is 9.53 Å². The Morgan fingerprint density at radius 3 is 2.91 bits per heavy atom. The molecule has 1 aromatic heterocycles. The lowest BCUT2D eigenvalue weighted by molar-refractivity contribution is -0.138. The van der Waals surface area contributed by atoms with Gasteiger partial charge < -0.3 is 14.2 Å². The number of carbonyl (C=O) groups is 1. The van der Waals surface area contributed by atoms with Crippen LogP contribution in [0.15, 0.2) is 12.4 Å². The first-order valence-electron chi connectivity index (χ1n) is 8.22. The summed E-state index contributed by atoms with van der Waals surface area (Å²) in [5, 5.41) is 0. The zero-order valence-electron chi connectivity index (χ0n) is 13.6. The van der Waals surface area contributed by atoms with E-state index in [0.29, 0.717) is 13.0 Å². The Bertz CT molecular complexity index is 510. The maximum atomic E-state index is 12.6. The lowest BCUT2D eigenvalue weighted by atomic mass is 10.0. The Balaban J connectivity index is 1.62. The maximum absolute atomic E-state index is 12.6. The van der Waals surface area contributed by atoms with Crippen molar-refractivity contribution in [3.8, 4) is 0 Å². The summed E-state index contributed by atoms with van der Waals surface area (Å²) in [4.78, 5) is 21.3. The van der Waals surface area contributed by atoms with Crippen LogP contribution in [-0.2, 0) is 16.6 Å². The SMILES string of the molecule is CN1CCN(C(=O)C[C@@H]2CCCCO2)C[C@H]1c1nccn1C. The van der Waals surface area contributed by atoms with Gasteiger partial charge in [-0.2, -0.15) is 0 Å². The van der Waals surface area contributed by atoms with Gasteiger partial charge in [0.15, 0.2) is 0 Å². The average Bonchev–Trinajstić information content (AvgIpc) is 2.94. The van der Waals surface area contributed by atoms with Crippen molar-refractivity contribution in [2.24, 2.45) is 7.05 Å². The Hall–Kier alpha value is -1.40. The molecule has 2 atom stereocenters. The number of amides is 1. The van der Waals surface area contributed by atoms with Crippen molar-refractivity contribution in [3.05, 3.63) is 18.2 Å². The van der Waals surface area contributed by atoms with Gasteiger partial charge in [0.2, 0.25) is 5.91 Å². The Labute approximate surface area is 132 Å². The molecule has 0 N–H and O–H groups in total. The van der Waals surface area contributed by atoms with Crippen LogP contribution in [0, 0.1) is 0 Å². The number of hydrogen-bond acceptors (Lipinski definition) is 4. The fourth-order valence-corrected chi connectivity index (χ4v) is 3.37. The van der Waals surface area contributed by atoms with E-state index >= 15 is 0 Å². The molecular formula is C16H26N4O2. The van der Waals surface area contributed by atoms with E-state index in [1.165, 1.54) is 6.42 Å². The second-order valence-electron chi connectivity index (χ2n) is 6.43. The number of nitrogens with zero attached hydrogens (tertiary/aromatic N) is 4. The Morgan fingerprint density at radius 2 is 2.23 bits per heavy atom. The Morgan fingerprint density at radius 1 is 1.36 bits per heavy atom. The number of imidazole rings is 1. The molecule has 6 heteroatoms. The third kappa shape index (κ3) is 3.33. The van der Waals surface area contributed by atoms with Crippen molar-refractivity contribution in [2.75, 3.05) is 33.3 Å². The second-order valence-corrected chi connectivity index (χ2v) is 6.43. The number of aromatic nitrogens is 2. The maximum Gasteiger partial charge on any atom is 0.225 e. The van der Waals surface area contributed by atoms with Crippen LogP contribution in [0.25, 0.3) is 0 Å². The predicted molar refractivity (Wildman–Crippen MR) is 83.4 cm³/mol. The van der Waals surface area contributed by atoms with Gasteiger partial charge in [0.05, 0.1) is 18.6 Å². The van der Waals surface area contributed by atoms with E-state index in [1.54, 1.807) is 0 Å². The van der Waals surface area contributed by atoms with Crippen molar-refractivity contribution in [3.63, 3.8) is 0 Å². The van der Waals surface area contributed by atoms with Crippen LogP contribution < -0.4 is 0 Å². The average molecular weight is 306 g/mol. The van der Waals surface area contributed by atoms with E-state index in [1.807, 2.05) is 28.9 Å². The van der Waals surface area contributed by atoms with Crippen molar-refractivity contribution in [1.29, 1.82) is 0 Å². The summed E-state index contributed by atoms with van der Waals surface area (Å²) in [7, 11) is 4.11. The minimum absolute atomic E-state index is 0.118. The minimum atomic E-state index is 0.118. The fourth-order valence-electron chi connectivity index (χ4n) is 3.37.